The zero-order valence-corrected chi connectivity index (χ0v) is 21.4. The van der Waals surface area contributed by atoms with Gasteiger partial charge in [0.15, 0.2) is 5.96 Å². The highest BCUT2D eigenvalue weighted by Gasteiger charge is 2.60. The van der Waals surface area contributed by atoms with Gasteiger partial charge in [-0.1, -0.05) is 6.92 Å². The fraction of sp³-hybridized carbons (Fsp3) is 0.682. The third-order valence-corrected chi connectivity index (χ3v) is 8.65. The monoisotopic (exact) mass is 539 g/mol. The van der Waals surface area contributed by atoms with E-state index in [1.807, 2.05) is 6.92 Å². The Labute approximate surface area is 217 Å². The first-order valence-electron chi connectivity index (χ1n) is 12.2. The fourth-order valence-electron chi connectivity index (χ4n) is 5.34. The summed E-state index contributed by atoms with van der Waals surface area (Å²) < 4.78 is 5.00. The molecule has 3 fully saturated rings. The van der Waals surface area contributed by atoms with Crippen LogP contribution in [-0.2, 0) is 19.1 Å². The van der Waals surface area contributed by atoms with Crippen molar-refractivity contribution in [3.63, 3.8) is 0 Å². The van der Waals surface area contributed by atoms with E-state index in [9.17, 15) is 29.4 Å². The second-order valence-electron chi connectivity index (χ2n) is 9.83. The van der Waals surface area contributed by atoms with Crippen molar-refractivity contribution in [1.82, 2.24) is 25.8 Å². The van der Waals surface area contributed by atoms with Gasteiger partial charge in [-0.3, -0.25) is 24.7 Å². The van der Waals surface area contributed by atoms with Crippen LogP contribution in [0.4, 0.5) is 4.79 Å². The summed E-state index contributed by atoms with van der Waals surface area (Å²) in [5.41, 5.74) is 5.18. The number of carbonyl (C=O) groups excluding carboxylic acids is 3. The molecular weight excluding hydrogens is 506 g/mol. The zero-order chi connectivity index (χ0) is 27.0. The van der Waals surface area contributed by atoms with Crippen molar-refractivity contribution in [3.05, 3.63) is 10.8 Å². The molecule has 8 N–H and O–H groups in total. The highest BCUT2D eigenvalue weighted by Crippen LogP contribution is 2.52. The summed E-state index contributed by atoms with van der Waals surface area (Å²) in [6.45, 7) is 5.05. The first kappa shape index (κ1) is 27.0. The van der Waals surface area contributed by atoms with Gasteiger partial charge in [0.2, 0.25) is 23.6 Å². The van der Waals surface area contributed by atoms with E-state index in [4.69, 9.17) is 15.9 Å². The van der Waals surface area contributed by atoms with Crippen LogP contribution >= 0.6 is 11.8 Å². The zero-order valence-electron chi connectivity index (χ0n) is 20.6. The molecular formula is C22H33N7O7S. The van der Waals surface area contributed by atoms with Gasteiger partial charge in [0, 0.05) is 43.8 Å². The van der Waals surface area contributed by atoms with Crippen LogP contribution in [0.15, 0.2) is 10.8 Å². The van der Waals surface area contributed by atoms with Gasteiger partial charge in [-0.15, -0.1) is 11.8 Å². The van der Waals surface area contributed by atoms with Crippen LogP contribution in [0, 0.1) is 17.2 Å². The number of nitrogens with two attached hydrogens (primary N) is 1. The Morgan fingerprint density at radius 1 is 1.35 bits per heavy atom. The normalized spacial score (nSPS) is 29.8. The molecule has 4 aliphatic heterocycles. The standard InChI is InChI=1S/C22H33N7O7S/c1-9-16-15(10(2)30)19(33)29(16)20(36-22(34)35)17(9)37-12-5-13(26-6-12)18(32)28-7-11(8-28)27-14(31)3-4-25-21(23)24/h9-13,15-16,26,30H,3-8H2,1-2H3,(H,27,31)(H,34,35)(H4,23,24,25)/t9?,10?,12?,13?,15?,16-/m0/s1. The topological polar surface area (TPSA) is 210 Å². The molecule has 3 amide bonds. The van der Waals surface area contributed by atoms with Gasteiger partial charge in [-0.25, -0.2) is 4.79 Å². The van der Waals surface area contributed by atoms with Gasteiger partial charge < -0.3 is 41.5 Å². The molecule has 6 atom stereocenters. The number of likely N-dealkylation sites (tertiary alicyclic amines) is 1. The van der Waals surface area contributed by atoms with E-state index >= 15 is 0 Å². The van der Waals surface area contributed by atoms with E-state index in [0.717, 1.165) is 0 Å². The molecule has 0 aliphatic carbocycles. The van der Waals surface area contributed by atoms with Crippen molar-refractivity contribution < 1.29 is 34.1 Å². The first-order valence-corrected chi connectivity index (χ1v) is 13.1. The molecule has 0 aromatic carbocycles. The van der Waals surface area contributed by atoms with Crippen LogP contribution < -0.4 is 21.7 Å². The van der Waals surface area contributed by atoms with Crippen molar-refractivity contribution in [1.29, 1.82) is 5.41 Å². The number of β-lactam (4-membered cyclic amide) rings is 1. The van der Waals surface area contributed by atoms with Crippen molar-refractivity contribution in [2.75, 3.05) is 26.2 Å². The largest absolute Gasteiger partial charge is 0.512 e. The van der Waals surface area contributed by atoms with E-state index < -0.39 is 24.2 Å². The average molecular weight is 540 g/mol. The molecule has 4 rings (SSSR count). The van der Waals surface area contributed by atoms with Gasteiger partial charge in [-0.05, 0) is 13.3 Å². The molecule has 3 saturated heterocycles. The minimum Gasteiger partial charge on any atom is -0.449 e. The minimum absolute atomic E-state index is 0.00602. The number of amides is 3. The van der Waals surface area contributed by atoms with E-state index in [2.05, 4.69) is 16.0 Å². The molecule has 4 aliphatic rings. The lowest BCUT2D eigenvalue weighted by Crippen LogP contribution is -2.63. The molecule has 14 nitrogen and oxygen atoms in total. The van der Waals surface area contributed by atoms with Gasteiger partial charge in [0.05, 0.1) is 35.1 Å². The summed E-state index contributed by atoms with van der Waals surface area (Å²) in [5, 5.41) is 34.9. The molecule has 0 aromatic rings. The summed E-state index contributed by atoms with van der Waals surface area (Å²) in [4.78, 5) is 52.4. The van der Waals surface area contributed by atoms with Crippen molar-refractivity contribution >= 4 is 41.6 Å². The summed E-state index contributed by atoms with van der Waals surface area (Å²) in [6.07, 6.45) is -1.68. The van der Waals surface area contributed by atoms with E-state index in [1.54, 1.807) is 11.8 Å². The number of fused-ring (bicyclic) bond motifs is 1. The number of carboxylic acid groups (broad SMARTS) is 1. The molecule has 37 heavy (non-hydrogen) atoms. The molecule has 204 valence electrons. The predicted molar refractivity (Wildman–Crippen MR) is 132 cm³/mol. The Kier molecular flexibility index (Phi) is 7.85. The molecule has 0 bridgehead atoms. The average Bonchev–Trinajstić information content (AvgIpc) is 3.32. The smallest absolute Gasteiger partial charge is 0.449 e. The Hall–Kier alpha value is -3.04. The number of nitrogens with one attached hydrogen (secondary N) is 4. The van der Waals surface area contributed by atoms with Crippen LogP contribution in [-0.4, -0.2) is 106 Å². The fourth-order valence-corrected chi connectivity index (χ4v) is 6.77. The molecule has 0 saturated carbocycles. The van der Waals surface area contributed by atoms with Crippen LogP contribution in [0.5, 0.6) is 0 Å². The van der Waals surface area contributed by atoms with Gasteiger partial charge >= 0.3 is 6.16 Å². The number of ether oxygens (including phenoxy) is 1. The summed E-state index contributed by atoms with van der Waals surface area (Å²) >= 11 is 1.41. The van der Waals surface area contributed by atoms with Crippen LogP contribution in [0.2, 0.25) is 0 Å². The second-order valence-corrected chi connectivity index (χ2v) is 11.2. The summed E-state index contributed by atoms with van der Waals surface area (Å²) in [7, 11) is 0. The lowest BCUT2D eigenvalue weighted by Gasteiger charge is -2.45. The lowest BCUT2D eigenvalue weighted by molar-refractivity contribution is -0.163. The number of aliphatic hydroxyl groups excluding tert-OH is 1. The van der Waals surface area contributed by atoms with E-state index in [0.29, 0.717) is 31.0 Å². The molecule has 0 aromatic heterocycles. The lowest BCUT2D eigenvalue weighted by atomic mass is 9.79. The maximum Gasteiger partial charge on any atom is 0.512 e. The number of nitrogens with zero attached hydrogens (tertiary/aromatic N) is 2. The third-order valence-electron chi connectivity index (χ3n) is 7.16. The Bertz CT molecular complexity index is 1020. The van der Waals surface area contributed by atoms with E-state index in [-0.39, 0.29) is 65.8 Å². The number of rotatable bonds is 9. The van der Waals surface area contributed by atoms with Crippen molar-refractivity contribution in [2.24, 2.45) is 17.6 Å². The molecule has 0 radical (unpaired) electrons. The number of carbonyl (C=O) groups is 4. The minimum atomic E-state index is -1.51. The molecule has 5 unspecified atom stereocenters. The number of hydrogen-bond donors (Lipinski definition) is 7. The van der Waals surface area contributed by atoms with Crippen molar-refractivity contribution in [2.45, 2.75) is 56.2 Å². The van der Waals surface area contributed by atoms with Gasteiger partial charge in [0.1, 0.15) is 0 Å². The van der Waals surface area contributed by atoms with Crippen LogP contribution in [0.25, 0.3) is 0 Å². The first-order chi connectivity index (χ1) is 17.5. The predicted octanol–water partition coefficient (Wildman–Crippen LogP) is -1.63. The Balaban J connectivity index is 1.28. The number of hydrogen-bond acceptors (Lipinski definition) is 9. The highest BCUT2D eigenvalue weighted by atomic mass is 32.2. The summed E-state index contributed by atoms with van der Waals surface area (Å²) in [5.74, 6) is -1.60. The van der Waals surface area contributed by atoms with Gasteiger partial charge in [-0.2, -0.15) is 0 Å². The second kappa shape index (κ2) is 10.8. The van der Waals surface area contributed by atoms with Crippen molar-refractivity contribution in [3.8, 4) is 0 Å². The van der Waals surface area contributed by atoms with E-state index in [1.165, 1.54) is 16.7 Å². The quantitative estimate of drug-likeness (QED) is 0.0765. The number of thioether (sulfide) groups is 1. The van der Waals surface area contributed by atoms with Crippen LogP contribution in [0.1, 0.15) is 26.7 Å². The molecule has 0 spiro atoms. The summed E-state index contributed by atoms with van der Waals surface area (Å²) in [6, 6.07) is -0.883. The SMILES string of the molecule is CC(O)C1C(=O)N2C(OC(=O)O)=C(SC3CNC(C(=O)N4CC(NC(=O)CCNC(=N)N)C4)C3)C(C)[C@@H]12. The molecule has 15 heteroatoms. The Morgan fingerprint density at radius 3 is 2.68 bits per heavy atom. The number of aliphatic hydroxyl groups is 1. The Morgan fingerprint density at radius 2 is 2.05 bits per heavy atom. The highest BCUT2D eigenvalue weighted by molar-refractivity contribution is 8.03. The number of guanidine groups is 1. The maximum absolute atomic E-state index is 12.9. The van der Waals surface area contributed by atoms with Gasteiger partial charge in [0.25, 0.3) is 0 Å². The van der Waals surface area contributed by atoms with Crippen LogP contribution in [0.3, 0.4) is 0 Å². The maximum atomic E-state index is 12.9. The molecule has 4 heterocycles. The third kappa shape index (κ3) is 5.48.